The molecule has 2 N–H and O–H groups in total. The molecule has 2 rings (SSSR count). The van der Waals surface area contributed by atoms with Crippen LogP contribution in [0.15, 0.2) is 27.6 Å². The molecule has 1 heterocycles. The highest BCUT2D eigenvalue weighted by atomic mass is 16.5. The first-order valence-corrected chi connectivity index (χ1v) is 9.24. The molecule has 0 atom stereocenters. The topological polar surface area (TPSA) is 80.9 Å². The van der Waals surface area contributed by atoms with Crippen molar-refractivity contribution >= 4 is 5.96 Å². The van der Waals surface area contributed by atoms with E-state index in [1.807, 2.05) is 32.9 Å². The van der Waals surface area contributed by atoms with Crippen molar-refractivity contribution in [3.63, 3.8) is 0 Å². The summed E-state index contributed by atoms with van der Waals surface area (Å²) in [5.74, 6) is 3.79. The van der Waals surface area contributed by atoms with Gasteiger partial charge in [-0.15, -0.1) is 0 Å². The summed E-state index contributed by atoms with van der Waals surface area (Å²) < 4.78 is 16.5. The number of nitrogens with zero attached hydrogens (tertiary/aromatic N) is 2. The SMILES string of the molecule is CCOc1cc(CCCNC(=NC)NCc2nc(C)c(C)o2)ccc1OC. The number of aliphatic imine (C=N–C) groups is 1. The van der Waals surface area contributed by atoms with E-state index in [-0.39, 0.29) is 0 Å². The van der Waals surface area contributed by atoms with Gasteiger partial charge in [0.1, 0.15) is 5.76 Å². The fourth-order valence-electron chi connectivity index (χ4n) is 2.64. The molecule has 2 aromatic rings. The quantitative estimate of drug-likeness (QED) is 0.399. The number of methoxy groups -OCH3 is 1. The minimum atomic E-state index is 0.505. The predicted molar refractivity (Wildman–Crippen MR) is 107 cm³/mol. The van der Waals surface area contributed by atoms with E-state index in [4.69, 9.17) is 13.9 Å². The molecule has 7 nitrogen and oxygen atoms in total. The Bertz CT molecular complexity index is 736. The van der Waals surface area contributed by atoms with Gasteiger partial charge in [-0.3, -0.25) is 4.99 Å². The Balaban J connectivity index is 1.76. The van der Waals surface area contributed by atoms with Gasteiger partial charge in [0.25, 0.3) is 0 Å². The van der Waals surface area contributed by atoms with E-state index < -0.39 is 0 Å². The molecule has 27 heavy (non-hydrogen) atoms. The number of guanidine groups is 1. The average Bonchev–Trinajstić information content (AvgIpc) is 2.99. The molecular weight excluding hydrogens is 344 g/mol. The van der Waals surface area contributed by atoms with Gasteiger partial charge >= 0.3 is 0 Å². The van der Waals surface area contributed by atoms with E-state index in [1.54, 1.807) is 14.2 Å². The average molecular weight is 374 g/mol. The Morgan fingerprint density at radius 1 is 1.22 bits per heavy atom. The Morgan fingerprint density at radius 3 is 2.67 bits per heavy atom. The van der Waals surface area contributed by atoms with Gasteiger partial charge in [-0.1, -0.05) is 6.07 Å². The maximum Gasteiger partial charge on any atom is 0.214 e. The van der Waals surface area contributed by atoms with Gasteiger partial charge in [-0.05, 0) is 51.3 Å². The van der Waals surface area contributed by atoms with Gasteiger partial charge in [0, 0.05) is 13.6 Å². The molecule has 0 radical (unpaired) electrons. The molecule has 0 saturated heterocycles. The van der Waals surface area contributed by atoms with Crippen molar-refractivity contribution in [3.8, 4) is 11.5 Å². The Morgan fingerprint density at radius 2 is 2.04 bits per heavy atom. The maximum atomic E-state index is 5.63. The summed E-state index contributed by atoms with van der Waals surface area (Å²) in [6, 6.07) is 6.07. The first-order valence-electron chi connectivity index (χ1n) is 9.24. The first-order chi connectivity index (χ1) is 13.1. The van der Waals surface area contributed by atoms with Crippen LogP contribution in [0.25, 0.3) is 0 Å². The van der Waals surface area contributed by atoms with Crippen LogP contribution in [0, 0.1) is 13.8 Å². The fraction of sp³-hybridized carbons (Fsp3) is 0.500. The summed E-state index contributed by atoms with van der Waals surface area (Å²) in [5, 5.41) is 6.52. The zero-order valence-electron chi connectivity index (χ0n) is 16.9. The van der Waals surface area contributed by atoms with Gasteiger partial charge in [-0.25, -0.2) is 4.98 Å². The molecule has 1 aromatic carbocycles. The van der Waals surface area contributed by atoms with Crippen molar-refractivity contribution in [1.29, 1.82) is 0 Å². The molecule has 7 heteroatoms. The molecule has 0 unspecified atom stereocenters. The van der Waals surface area contributed by atoms with E-state index >= 15 is 0 Å². The summed E-state index contributed by atoms with van der Waals surface area (Å²) in [6.45, 7) is 7.74. The van der Waals surface area contributed by atoms with Crippen LogP contribution in [0.5, 0.6) is 11.5 Å². The molecule has 0 amide bonds. The number of nitrogens with one attached hydrogen (secondary N) is 2. The number of ether oxygens (including phenoxy) is 2. The van der Waals surface area contributed by atoms with Gasteiger partial charge in [0.2, 0.25) is 5.89 Å². The molecule has 0 aliphatic rings. The minimum Gasteiger partial charge on any atom is -0.493 e. The lowest BCUT2D eigenvalue weighted by Gasteiger charge is -2.12. The standard InChI is InChI=1S/C20H30N4O3/c1-6-26-18-12-16(9-10-17(18)25-5)8-7-11-22-20(21-4)23-13-19-24-14(2)15(3)27-19/h9-10,12H,6-8,11,13H2,1-5H3,(H2,21,22,23). The van der Waals surface area contributed by atoms with Gasteiger partial charge in [-0.2, -0.15) is 0 Å². The van der Waals surface area contributed by atoms with Crippen LogP contribution in [0.4, 0.5) is 0 Å². The van der Waals surface area contributed by atoms with Crippen molar-refractivity contribution in [2.24, 2.45) is 4.99 Å². The molecule has 0 aliphatic carbocycles. The molecule has 0 spiro atoms. The second-order valence-corrected chi connectivity index (χ2v) is 6.12. The zero-order chi connectivity index (χ0) is 19.6. The largest absolute Gasteiger partial charge is 0.493 e. The Kier molecular flexibility index (Phi) is 7.98. The lowest BCUT2D eigenvalue weighted by molar-refractivity contribution is 0.310. The lowest BCUT2D eigenvalue weighted by Crippen LogP contribution is -2.37. The first kappa shape index (κ1) is 20.6. The third-order valence-electron chi connectivity index (χ3n) is 4.17. The van der Waals surface area contributed by atoms with E-state index in [0.717, 1.165) is 48.3 Å². The highest BCUT2D eigenvalue weighted by Crippen LogP contribution is 2.28. The number of hydrogen-bond acceptors (Lipinski definition) is 5. The van der Waals surface area contributed by atoms with Crippen LogP contribution in [0.2, 0.25) is 0 Å². The monoisotopic (exact) mass is 374 g/mol. The van der Waals surface area contributed by atoms with Gasteiger partial charge in [0.15, 0.2) is 17.5 Å². The molecular formula is C20H30N4O3. The van der Waals surface area contributed by atoms with E-state index in [0.29, 0.717) is 19.0 Å². The number of oxazole rings is 1. The van der Waals surface area contributed by atoms with E-state index in [1.165, 1.54) is 5.56 Å². The van der Waals surface area contributed by atoms with Crippen LogP contribution in [0.3, 0.4) is 0 Å². The molecule has 0 saturated carbocycles. The second-order valence-electron chi connectivity index (χ2n) is 6.12. The van der Waals surface area contributed by atoms with Crippen LogP contribution < -0.4 is 20.1 Å². The summed E-state index contributed by atoms with van der Waals surface area (Å²) in [7, 11) is 3.40. The molecule has 0 fully saturated rings. The number of aromatic nitrogens is 1. The number of aryl methyl sites for hydroxylation is 3. The third kappa shape index (κ3) is 6.20. The smallest absolute Gasteiger partial charge is 0.214 e. The normalized spacial score (nSPS) is 11.4. The fourth-order valence-corrected chi connectivity index (χ4v) is 2.64. The summed E-state index contributed by atoms with van der Waals surface area (Å²) in [4.78, 5) is 8.58. The van der Waals surface area contributed by atoms with Crippen LogP contribution in [-0.2, 0) is 13.0 Å². The third-order valence-corrected chi connectivity index (χ3v) is 4.17. The highest BCUT2D eigenvalue weighted by molar-refractivity contribution is 5.79. The number of benzene rings is 1. The van der Waals surface area contributed by atoms with Crippen molar-refractivity contribution in [2.75, 3.05) is 27.3 Å². The molecule has 148 valence electrons. The van der Waals surface area contributed by atoms with Crippen LogP contribution in [-0.4, -0.2) is 38.3 Å². The van der Waals surface area contributed by atoms with Crippen molar-refractivity contribution in [2.45, 2.75) is 40.2 Å². The highest BCUT2D eigenvalue weighted by Gasteiger charge is 2.07. The molecule has 0 bridgehead atoms. The van der Waals surface area contributed by atoms with Crippen LogP contribution >= 0.6 is 0 Å². The van der Waals surface area contributed by atoms with Gasteiger partial charge < -0.3 is 24.5 Å². The molecule has 0 aliphatic heterocycles. The zero-order valence-corrected chi connectivity index (χ0v) is 16.9. The lowest BCUT2D eigenvalue weighted by atomic mass is 10.1. The minimum absolute atomic E-state index is 0.505. The summed E-state index contributed by atoms with van der Waals surface area (Å²) in [5.41, 5.74) is 2.13. The number of hydrogen-bond donors (Lipinski definition) is 2. The van der Waals surface area contributed by atoms with Crippen molar-refractivity contribution in [3.05, 3.63) is 41.1 Å². The maximum absolute atomic E-state index is 5.63. The summed E-state index contributed by atoms with van der Waals surface area (Å²) in [6.07, 6.45) is 1.90. The number of rotatable bonds is 9. The van der Waals surface area contributed by atoms with Crippen molar-refractivity contribution in [1.82, 2.24) is 15.6 Å². The predicted octanol–water partition coefficient (Wildman–Crippen LogP) is 3.00. The van der Waals surface area contributed by atoms with E-state index in [9.17, 15) is 0 Å². The van der Waals surface area contributed by atoms with E-state index in [2.05, 4.69) is 26.7 Å². The summed E-state index contributed by atoms with van der Waals surface area (Å²) >= 11 is 0. The van der Waals surface area contributed by atoms with Crippen LogP contribution in [0.1, 0.15) is 36.3 Å². The molecule has 1 aromatic heterocycles. The van der Waals surface area contributed by atoms with Crippen molar-refractivity contribution < 1.29 is 13.9 Å². The Hall–Kier alpha value is -2.70. The Labute approximate surface area is 161 Å². The second kappa shape index (κ2) is 10.4. The van der Waals surface area contributed by atoms with Gasteiger partial charge in [0.05, 0.1) is 26.0 Å².